The van der Waals surface area contributed by atoms with Crippen molar-refractivity contribution >= 4 is 23.2 Å². The second-order valence-electron chi connectivity index (χ2n) is 6.67. The third kappa shape index (κ3) is 3.16. The van der Waals surface area contributed by atoms with Gasteiger partial charge in [-0.3, -0.25) is 14.5 Å². The lowest BCUT2D eigenvalue weighted by Gasteiger charge is -2.36. The zero-order chi connectivity index (χ0) is 17.3. The highest BCUT2D eigenvalue weighted by atomic mass is 16.2. The van der Waals surface area contributed by atoms with Gasteiger partial charge in [0.25, 0.3) is 5.91 Å². The Bertz CT molecular complexity index is 606. The van der Waals surface area contributed by atoms with E-state index in [1.165, 1.54) is 4.90 Å². The first kappa shape index (κ1) is 16.9. The minimum absolute atomic E-state index is 0.0810. The maximum absolute atomic E-state index is 12.8. The van der Waals surface area contributed by atoms with Crippen LogP contribution in [-0.4, -0.2) is 74.5 Å². The zero-order valence-electron chi connectivity index (χ0n) is 14.7. The van der Waals surface area contributed by atoms with Crippen LogP contribution in [-0.2, 0) is 9.59 Å². The predicted octanol–water partition coefficient (Wildman–Crippen LogP) is 1.02. The predicted molar refractivity (Wildman–Crippen MR) is 95.4 cm³/mol. The van der Waals surface area contributed by atoms with Gasteiger partial charge in [-0.1, -0.05) is 6.92 Å². The van der Waals surface area contributed by atoms with Crippen LogP contribution in [0.2, 0.25) is 0 Å². The molecule has 0 saturated carbocycles. The summed E-state index contributed by atoms with van der Waals surface area (Å²) in [7, 11) is 3.93. The van der Waals surface area contributed by atoms with Gasteiger partial charge in [-0.25, -0.2) is 4.90 Å². The Hall–Kier alpha value is -1.92. The SMILES string of the molecule is CCN1CCN([C@H]2CC(=O)N(c3ccc(N(C)C)cc3)C2=O)CC1. The van der Waals surface area contributed by atoms with E-state index in [1.807, 2.05) is 43.3 Å². The first-order valence-corrected chi connectivity index (χ1v) is 8.62. The molecule has 2 heterocycles. The van der Waals surface area contributed by atoms with E-state index in [-0.39, 0.29) is 17.9 Å². The lowest BCUT2D eigenvalue weighted by Crippen LogP contribution is -2.52. The van der Waals surface area contributed by atoms with Crippen LogP contribution >= 0.6 is 0 Å². The lowest BCUT2D eigenvalue weighted by atomic mass is 10.1. The van der Waals surface area contributed by atoms with Crippen LogP contribution in [0.15, 0.2) is 24.3 Å². The van der Waals surface area contributed by atoms with Crippen molar-refractivity contribution in [1.82, 2.24) is 9.80 Å². The van der Waals surface area contributed by atoms with E-state index >= 15 is 0 Å². The van der Waals surface area contributed by atoms with Gasteiger partial charge in [-0.2, -0.15) is 0 Å². The number of carbonyl (C=O) groups excluding carboxylic acids is 2. The number of benzene rings is 1. The highest BCUT2D eigenvalue weighted by molar-refractivity contribution is 6.22. The molecular weight excluding hydrogens is 304 g/mol. The third-order valence-electron chi connectivity index (χ3n) is 5.04. The van der Waals surface area contributed by atoms with Crippen molar-refractivity contribution in [3.8, 4) is 0 Å². The maximum atomic E-state index is 12.8. The zero-order valence-corrected chi connectivity index (χ0v) is 14.7. The van der Waals surface area contributed by atoms with E-state index in [9.17, 15) is 9.59 Å². The van der Waals surface area contributed by atoms with Crippen LogP contribution in [0, 0.1) is 0 Å². The summed E-state index contributed by atoms with van der Waals surface area (Å²) in [5.74, 6) is -0.178. The van der Waals surface area contributed by atoms with E-state index in [0.717, 1.165) is 38.4 Å². The first-order valence-electron chi connectivity index (χ1n) is 8.62. The molecule has 3 rings (SSSR count). The molecule has 130 valence electrons. The molecule has 2 aliphatic heterocycles. The number of imide groups is 1. The molecular formula is C18H26N4O2. The van der Waals surface area contributed by atoms with Crippen molar-refractivity contribution in [2.75, 3.05) is 56.6 Å². The molecule has 2 fully saturated rings. The number of rotatable bonds is 4. The number of anilines is 2. The molecule has 0 bridgehead atoms. The second kappa shape index (κ2) is 6.91. The fourth-order valence-electron chi connectivity index (χ4n) is 3.46. The lowest BCUT2D eigenvalue weighted by molar-refractivity contribution is -0.123. The standard InChI is InChI=1S/C18H26N4O2/c1-4-20-9-11-21(12-10-20)16-13-17(23)22(18(16)24)15-7-5-14(6-8-15)19(2)3/h5-8,16H,4,9-13H2,1-3H3/t16-/m0/s1. The van der Waals surface area contributed by atoms with Crippen molar-refractivity contribution in [3.63, 3.8) is 0 Å². The molecule has 2 amide bonds. The quantitative estimate of drug-likeness (QED) is 0.772. The largest absolute Gasteiger partial charge is 0.378 e. The first-order chi connectivity index (χ1) is 11.5. The molecule has 0 aliphatic carbocycles. The van der Waals surface area contributed by atoms with Crippen molar-refractivity contribution in [1.29, 1.82) is 0 Å². The molecule has 2 aliphatic rings. The van der Waals surface area contributed by atoms with Gasteiger partial charge in [-0.15, -0.1) is 0 Å². The Morgan fingerprint density at radius 3 is 2.21 bits per heavy atom. The average Bonchev–Trinajstić information content (AvgIpc) is 2.89. The molecule has 0 unspecified atom stereocenters. The molecule has 24 heavy (non-hydrogen) atoms. The van der Waals surface area contributed by atoms with Gasteiger partial charge in [0.2, 0.25) is 5.91 Å². The molecule has 0 spiro atoms. The highest BCUT2D eigenvalue weighted by Gasteiger charge is 2.43. The number of hydrogen-bond acceptors (Lipinski definition) is 5. The van der Waals surface area contributed by atoms with E-state index in [1.54, 1.807) is 0 Å². The summed E-state index contributed by atoms with van der Waals surface area (Å²) in [5, 5.41) is 0. The summed E-state index contributed by atoms with van der Waals surface area (Å²) in [6.45, 7) is 6.82. The fourth-order valence-corrected chi connectivity index (χ4v) is 3.46. The highest BCUT2D eigenvalue weighted by Crippen LogP contribution is 2.27. The van der Waals surface area contributed by atoms with Gasteiger partial charge < -0.3 is 9.80 Å². The van der Waals surface area contributed by atoms with Gasteiger partial charge in [0.15, 0.2) is 0 Å². The van der Waals surface area contributed by atoms with Crippen molar-refractivity contribution < 1.29 is 9.59 Å². The van der Waals surface area contributed by atoms with E-state index < -0.39 is 0 Å². The van der Waals surface area contributed by atoms with Crippen LogP contribution < -0.4 is 9.80 Å². The Kier molecular flexibility index (Phi) is 4.87. The van der Waals surface area contributed by atoms with Crippen LogP contribution in [0.1, 0.15) is 13.3 Å². The second-order valence-corrected chi connectivity index (χ2v) is 6.67. The number of hydrogen-bond donors (Lipinski definition) is 0. The van der Waals surface area contributed by atoms with Crippen LogP contribution in [0.25, 0.3) is 0 Å². The van der Waals surface area contributed by atoms with Crippen LogP contribution in [0.4, 0.5) is 11.4 Å². The molecule has 0 N–H and O–H groups in total. The topological polar surface area (TPSA) is 47.1 Å². The van der Waals surface area contributed by atoms with E-state index in [4.69, 9.17) is 0 Å². The summed E-state index contributed by atoms with van der Waals surface area (Å²) in [6.07, 6.45) is 0.292. The van der Waals surface area contributed by atoms with Crippen molar-refractivity contribution in [2.24, 2.45) is 0 Å². The smallest absolute Gasteiger partial charge is 0.251 e. The molecule has 1 aromatic carbocycles. The molecule has 6 heteroatoms. The molecule has 1 atom stereocenters. The average molecular weight is 330 g/mol. The van der Waals surface area contributed by atoms with Gasteiger partial charge >= 0.3 is 0 Å². The molecule has 0 radical (unpaired) electrons. The number of likely N-dealkylation sites (N-methyl/N-ethyl adjacent to an activating group) is 1. The Morgan fingerprint density at radius 2 is 1.67 bits per heavy atom. The normalized spacial score (nSPS) is 23.1. The summed E-state index contributed by atoms with van der Waals surface area (Å²) in [6, 6.07) is 7.27. The monoisotopic (exact) mass is 330 g/mol. The summed E-state index contributed by atoms with van der Waals surface area (Å²) in [5.41, 5.74) is 1.72. The fraction of sp³-hybridized carbons (Fsp3) is 0.556. The summed E-state index contributed by atoms with van der Waals surface area (Å²) < 4.78 is 0. The minimum Gasteiger partial charge on any atom is -0.378 e. The molecule has 1 aromatic rings. The number of amides is 2. The summed E-state index contributed by atoms with van der Waals surface area (Å²) in [4.78, 5) is 33.1. The molecule has 0 aromatic heterocycles. The summed E-state index contributed by atoms with van der Waals surface area (Å²) >= 11 is 0. The third-order valence-corrected chi connectivity index (χ3v) is 5.04. The van der Waals surface area contributed by atoms with Crippen molar-refractivity contribution in [3.05, 3.63) is 24.3 Å². The molecule has 6 nitrogen and oxygen atoms in total. The van der Waals surface area contributed by atoms with E-state index in [0.29, 0.717) is 12.1 Å². The van der Waals surface area contributed by atoms with E-state index in [2.05, 4.69) is 16.7 Å². The Morgan fingerprint density at radius 1 is 1.04 bits per heavy atom. The number of piperazine rings is 1. The van der Waals surface area contributed by atoms with Gasteiger partial charge in [-0.05, 0) is 30.8 Å². The van der Waals surface area contributed by atoms with Crippen LogP contribution in [0.3, 0.4) is 0 Å². The number of nitrogens with zero attached hydrogens (tertiary/aromatic N) is 4. The van der Waals surface area contributed by atoms with Gasteiger partial charge in [0.05, 0.1) is 18.2 Å². The Balaban J connectivity index is 1.72. The maximum Gasteiger partial charge on any atom is 0.251 e. The van der Waals surface area contributed by atoms with Crippen molar-refractivity contribution in [2.45, 2.75) is 19.4 Å². The minimum atomic E-state index is -0.301. The Labute approximate surface area is 143 Å². The van der Waals surface area contributed by atoms with Gasteiger partial charge in [0.1, 0.15) is 0 Å². The number of carbonyl (C=O) groups is 2. The van der Waals surface area contributed by atoms with Gasteiger partial charge in [0, 0.05) is 46.0 Å². The molecule has 2 saturated heterocycles. The van der Waals surface area contributed by atoms with Crippen LogP contribution in [0.5, 0.6) is 0 Å².